The van der Waals surface area contributed by atoms with Gasteiger partial charge in [0, 0.05) is 10.2 Å². The molecule has 23 heavy (non-hydrogen) atoms. The molecule has 0 aromatic heterocycles. The van der Waals surface area contributed by atoms with Crippen LogP contribution in [-0.4, -0.2) is 18.3 Å². The standard InChI is InChI=1S/C17H15BrFNO3/c1-10-7-13(4-5-15(10)18)20-17(22)9-23-16-6-3-12(19)8-14(16)11(2)21/h3-8H,9H2,1-2H3,(H,20,22). The van der Waals surface area contributed by atoms with E-state index in [9.17, 15) is 14.0 Å². The molecule has 0 unspecified atom stereocenters. The Bertz CT molecular complexity index is 761. The number of benzene rings is 2. The highest BCUT2D eigenvalue weighted by atomic mass is 79.9. The third kappa shape index (κ3) is 4.63. The van der Waals surface area contributed by atoms with Gasteiger partial charge in [-0.25, -0.2) is 4.39 Å². The Hall–Kier alpha value is -2.21. The zero-order chi connectivity index (χ0) is 17.0. The van der Waals surface area contributed by atoms with Crippen LogP contribution in [-0.2, 0) is 4.79 Å². The largest absolute Gasteiger partial charge is 0.483 e. The van der Waals surface area contributed by atoms with Gasteiger partial charge >= 0.3 is 0 Å². The van der Waals surface area contributed by atoms with Crippen LogP contribution in [0.4, 0.5) is 10.1 Å². The van der Waals surface area contributed by atoms with Crippen molar-refractivity contribution in [2.75, 3.05) is 11.9 Å². The molecule has 0 saturated heterocycles. The van der Waals surface area contributed by atoms with Crippen LogP contribution in [0.3, 0.4) is 0 Å². The minimum absolute atomic E-state index is 0.109. The van der Waals surface area contributed by atoms with Crippen LogP contribution in [0.5, 0.6) is 5.75 Å². The molecule has 0 aliphatic heterocycles. The van der Waals surface area contributed by atoms with E-state index in [1.54, 1.807) is 6.07 Å². The minimum atomic E-state index is -0.530. The fraction of sp³-hybridized carbons (Fsp3) is 0.176. The summed E-state index contributed by atoms with van der Waals surface area (Å²) in [6, 6.07) is 9.02. The summed E-state index contributed by atoms with van der Waals surface area (Å²) in [6.45, 7) is 2.95. The van der Waals surface area contributed by atoms with E-state index in [2.05, 4.69) is 21.2 Å². The molecule has 2 rings (SSSR count). The van der Waals surface area contributed by atoms with E-state index in [0.29, 0.717) is 5.69 Å². The second-order valence-corrected chi connectivity index (χ2v) is 5.85. The van der Waals surface area contributed by atoms with Gasteiger partial charge in [0.15, 0.2) is 12.4 Å². The number of rotatable bonds is 5. The van der Waals surface area contributed by atoms with Crippen LogP contribution in [0.2, 0.25) is 0 Å². The summed E-state index contributed by atoms with van der Waals surface area (Å²) in [5, 5.41) is 2.70. The Kier molecular flexibility index (Phi) is 5.50. The molecule has 0 radical (unpaired) electrons. The van der Waals surface area contributed by atoms with E-state index in [1.807, 2.05) is 19.1 Å². The highest BCUT2D eigenvalue weighted by Gasteiger charge is 2.12. The lowest BCUT2D eigenvalue weighted by Gasteiger charge is -2.11. The number of amides is 1. The van der Waals surface area contributed by atoms with Crippen molar-refractivity contribution in [2.45, 2.75) is 13.8 Å². The van der Waals surface area contributed by atoms with Crippen LogP contribution >= 0.6 is 15.9 Å². The summed E-state index contributed by atoms with van der Waals surface area (Å²) in [7, 11) is 0. The highest BCUT2D eigenvalue weighted by Crippen LogP contribution is 2.21. The lowest BCUT2D eigenvalue weighted by molar-refractivity contribution is -0.118. The normalized spacial score (nSPS) is 10.3. The molecule has 0 heterocycles. The molecule has 0 aliphatic rings. The minimum Gasteiger partial charge on any atom is -0.483 e. The van der Waals surface area contributed by atoms with Gasteiger partial charge in [0.25, 0.3) is 5.91 Å². The Balaban J connectivity index is 2.02. The lowest BCUT2D eigenvalue weighted by Crippen LogP contribution is -2.20. The van der Waals surface area contributed by atoms with E-state index in [1.165, 1.54) is 19.1 Å². The summed E-state index contributed by atoms with van der Waals surface area (Å²) in [6.07, 6.45) is 0. The SMILES string of the molecule is CC(=O)c1cc(F)ccc1OCC(=O)Nc1ccc(Br)c(C)c1. The van der Waals surface area contributed by atoms with Gasteiger partial charge in [0.05, 0.1) is 5.56 Å². The van der Waals surface area contributed by atoms with Crippen molar-refractivity contribution >= 4 is 33.3 Å². The monoisotopic (exact) mass is 379 g/mol. The van der Waals surface area contributed by atoms with Crippen molar-refractivity contribution in [3.05, 3.63) is 57.8 Å². The first-order chi connectivity index (χ1) is 10.9. The number of halogens is 2. The van der Waals surface area contributed by atoms with Gasteiger partial charge in [-0.2, -0.15) is 0 Å². The van der Waals surface area contributed by atoms with E-state index in [-0.39, 0.29) is 29.6 Å². The number of anilines is 1. The van der Waals surface area contributed by atoms with Crippen LogP contribution in [0.25, 0.3) is 0 Å². The number of nitrogens with one attached hydrogen (secondary N) is 1. The molecule has 0 saturated carbocycles. The number of carbonyl (C=O) groups is 2. The summed E-state index contributed by atoms with van der Waals surface area (Å²) in [5.41, 5.74) is 1.74. The van der Waals surface area contributed by atoms with Crippen molar-refractivity contribution in [2.24, 2.45) is 0 Å². The van der Waals surface area contributed by atoms with Crippen LogP contribution in [0.15, 0.2) is 40.9 Å². The van der Waals surface area contributed by atoms with Gasteiger partial charge in [-0.15, -0.1) is 0 Å². The first kappa shape index (κ1) is 17.1. The van der Waals surface area contributed by atoms with Crippen LogP contribution in [0, 0.1) is 12.7 Å². The Morgan fingerprint density at radius 2 is 1.96 bits per heavy atom. The number of hydrogen-bond donors (Lipinski definition) is 1. The number of ether oxygens (including phenoxy) is 1. The van der Waals surface area contributed by atoms with Crippen molar-refractivity contribution in [1.29, 1.82) is 0 Å². The quantitative estimate of drug-likeness (QED) is 0.795. The molecule has 0 bridgehead atoms. The predicted octanol–water partition coefficient (Wildman–Crippen LogP) is 4.12. The van der Waals surface area contributed by atoms with E-state index >= 15 is 0 Å². The zero-order valence-corrected chi connectivity index (χ0v) is 14.2. The maximum Gasteiger partial charge on any atom is 0.262 e. The summed E-state index contributed by atoms with van der Waals surface area (Å²) in [5.74, 6) is -1.05. The molecule has 6 heteroatoms. The molecule has 0 aliphatic carbocycles. The van der Waals surface area contributed by atoms with Crippen LogP contribution < -0.4 is 10.1 Å². The molecular weight excluding hydrogens is 365 g/mol. The maximum atomic E-state index is 13.2. The predicted molar refractivity (Wildman–Crippen MR) is 89.4 cm³/mol. The topological polar surface area (TPSA) is 55.4 Å². The summed E-state index contributed by atoms with van der Waals surface area (Å²) in [4.78, 5) is 23.4. The fourth-order valence-electron chi connectivity index (χ4n) is 1.97. The number of carbonyl (C=O) groups excluding carboxylic acids is 2. The van der Waals surface area contributed by atoms with E-state index in [0.717, 1.165) is 16.1 Å². The summed E-state index contributed by atoms with van der Waals surface area (Å²) < 4.78 is 19.5. The Morgan fingerprint density at radius 3 is 2.61 bits per heavy atom. The number of Topliss-reactive ketones (excluding diaryl/α,β-unsaturated/α-hetero) is 1. The van der Waals surface area contributed by atoms with Gasteiger partial charge < -0.3 is 10.1 Å². The van der Waals surface area contributed by atoms with Gasteiger partial charge in [-0.3, -0.25) is 9.59 Å². The molecule has 0 spiro atoms. The molecule has 0 fully saturated rings. The molecule has 2 aromatic carbocycles. The van der Waals surface area contributed by atoms with E-state index < -0.39 is 5.82 Å². The van der Waals surface area contributed by atoms with Gasteiger partial charge in [0.1, 0.15) is 11.6 Å². The zero-order valence-electron chi connectivity index (χ0n) is 12.7. The molecular formula is C17H15BrFNO3. The second kappa shape index (κ2) is 7.37. The smallest absolute Gasteiger partial charge is 0.262 e. The molecule has 1 amide bonds. The van der Waals surface area contributed by atoms with Crippen molar-refractivity contribution < 1.29 is 18.7 Å². The number of aryl methyl sites for hydroxylation is 1. The highest BCUT2D eigenvalue weighted by molar-refractivity contribution is 9.10. The fourth-order valence-corrected chi connectivity index (χ4v) is 2.21. The first-order valence-corrected chi connectivity index (χ1v) is 7.65. The number of hydrogen-bond acceptors (Lipinski definition) is 3. The average Bonchev–Trinajstić information content (AvgIpc) is 2.49. The van der Waals surface area contributed by atoms with Crippen molar-refractivity contribution in [1.82, 2.24) is 0 Å². The van der Waals surface area contributed by atoms with Crippen molar-refractivity contribution in [3.8, 4) is 5.75 Å². The lowest BCUT2D eigenvalue weighted by atomic mass is 10.1. The van der Waals surface area contributed by atoms with Crippen LogP contribution in [0.1, 0.15) is 22.8 Å². The molecule has 4 nitrogen and oxygen atoms in total. The Morgan fingerprint density at radius 1 is 1.22 bits per heavy atom. The third-order valence-electron chi connectivity index (χ3n) is 3.12. The van der Waals surface area contributed by atoms with Crippen molar-refractivity contribution in [3.63, 3.8) is 0 Å². The van der Waals surface area contributed by atoms with Gasteiger partial charge in [0.2, 0.25) is 0 Å². The Labute approximate surface area is 141 Å². The van der Waals surface area contributed by atoms with Gasteiger partial charge in [-0.1, -0.05) is 15.9 Å². The molecule has 2 aromatic rings. The first-order valence-electron chi connectivity index (χ1n) is 6.86. The summed E-state index contributed by atoms with van der Waals surface area (Å²) >= 11 is 3.38. The van der Waals surface area contributed by atoms with Gasteiger partial charge in [-0.05, 0) is 55.8 Å². The molecule has 120 valence electrons. The molecule has 0 atom stereocenters. The second-order valence-electron chi connectivity index (χ2n) is 5.00. The average molecular weight is 380 g/mol. The van der Waals surface area contributed by atoms with E-state index in [4.69, 9.17) is 4.74 Å². The number of ketones is 1. The maximum absolute atomic E-state index is 13.2. The third-order valence-corrected chi connectivity index (χ3v) is 4.01. The molecule has 1 N–H and O–H groups in total.